The van der Waals surface area contributed by atoms with Crippen LogP contribution in [0.3, 0.4) is 0 Å². The number of carbonyl (C=O) groups is 2. The molecule has 0 aliphatic carbocycles. The van der Waals surface area contributed by atoms with Crippen molar-refractivity contribution in [1.29, 1.82) is 0 Å². The Morgan fingerprint density at radius 3 is 1.96 bits per heavy atom. The number of hydrogen-bond donors (Lipinski definition) is 1. The molecule has 0 saturated carbocycles. The second-order valence-electron chi connectivity index (χ2n) is 11.6. The average Bonchev–Trinajstić information content (AvgIpc) is 3.05. The summed E-state index contributed by atoms with van der Waals surface area (Å²) in [6.07, 6.45) is 1.02. The Morgan fingerprint density at radius 2 is 1.38 bits per heavy atom. The number of benzene rings is 4. The summed E-state index contributed by atoms with van der Waals surface area (Å²) in [4.78, 5) is 29.8. The fourth-order valence-electron chi connectivity index (χ4n) is 5.08. The van der Waals surface area contributed by atoms with Gasteiger partial charge in [0.1, 0.15) is 12.6 Å². The van der Waals surface area contributed by atoms with Gasteiger partial charge in [-0.05, 0) is 60.2 Å². The van der Waals surface area contributed by atoms with E-state index >= 15 is 0 Å². The summed E-state index contributed by atoms with van der Waals surface area (Å²) < 4.78 is 29.4. The van der Waals surface area contributed by atoms with Gasteiger partial charge in [-0.3, -0.25) is 13.9 Å². The topological polar surface area (TPSA) is 86.8 Å². The summed E-state index contributed by atoms with van der Waals surface area (Å²) in [5.74, 6) is -0.499. The molecule has 4 rings (SSSR count). The molecule has 0 aromatic heterocycles. The number of hydrogen-bond acceptors (Lipinski definition) is 4. The first-order valence-electron chi connectivity index (χ1n) is 15.4. The second kappa shape index (κ2) is 15.5. The molecule has 1 N–H and O–H groups in total. The molecule has 7 nitrogen and oxygen atoms in total. The zero-order valence-corrected chi connectivity index (χ0v) is 27.3. The lowest BCUT2D eigenvalue weighted by molar-refractivity contribution is -0.140. The predicted octanol–water partition coefficient (Wildman–Crippen LogP) is 6.48. The molecule has 0 fully saturated rings. The number of nitrogens with one attached hydrogen (secondary N) is 1. The van der Waals surface area contributed by atoms with Crippen molar-refractivity contribution >= 4 is 27.5 Å². The van der Waals surface area contributed by atoms with E-state index in [0.717, 1.165) is 33.0 Å². The largest absolute Gasteiger partial charge is 0.354 e. The minimum Gasteiger partial charge on any atom is -0.354 e. The van der Waals surface area contributed by atoms with E-state index < -0.39 is 28.5 Å². The molecule has 0 radical (unpaired) electrons. The molecule has 0 saturated heterocycles. The highest BCUT2D eigenvalue weighted by Crippen LogP contribution is 2.27. The van der Waals surface area contributed by atoms with Crippen molar-refractivity contribution in [3.8, 4) is 0 Å². The van der Waals surface area contributed by atoms with Crippen LogP contribution in [-0.4, -0.2) is 44.3 Å². The van der Waals surface area contributed by atoms with Gasteiger partial charge in [-0.1, -0.05) is 111 Å². The highest BCUT2D eigenvalue weighted by atomic mass is 32.2. The summed E-state index contributed by atoms with van der Waals surface area (Å²) in [5.41, 5.74) is 4.24. The Balaban J connectivity index is 1.79. The molecule has 0 bridgehead atoms. The van der Waals surface area contributed by atoms with Crippen molar-refractivity contribution in [3.05, 3.63) is 131 Å². The van der Waals surface area contributed by atoms with Crippen LogP contribution >= 0.6 is 0 Å². The normalized spacial score (nSPS) is 12.0. The third-order valence-electron chi connectivity index (χ3n) is 7.75. The van der Waals surface area contributed by atoms with Crippen LogP contribution in [-0.2, 0) is 32.6 Å². The van der Waals surface area contributed by atoms with E-state index in [9.17, 15) is 18.0 Å². The molecule has 45 heavy (non-hydrogen) atoms. The second-order valence-corrected chi connectivity index (χ2v) is 13.4. The lowest BCUT2D eigenvalue weighted by atomic mass is 10.0. The molecule has 8 heteroatoms. The van der Waals surface area contributed by atoms with Crippen molar-refractivity contribution in [1.82, 2.24) is 10.2 Å². The van der Waals surface area contributed by atoms with Crippen LogP contribution in [0.4, 0.5) is 5.69 Å². The fraction of sp³-hybridized carbons (Fsp3) is 0.297. The van der Waals surface area contributed by atoms with Gasteiger partial charge in [0.05, 0.1) is 10.6 Å². The van der Waals surface area contributed by atoms with Gasteiger partial charge >= 0.3 is 0 Å². The molecule has 4 aromatic carbocycles. The standard InChI is InChI=1S/C37H43N3O4S/c1-5-24-38-37(42)35(25-30-12-8-6-9-13-30)39(26-31-18-16-29(4)17-19-31)36(41)27-40(33-22-20-32(21-23-33)28(2)3)45(43,44)34-14-10-7-11-15-34/h6-23,28,35H,5,24-27H2,1-4H3,(H,38,42). The van der Waals surface area contributed by atoms with E-state index in [-0.39, 0.29) is 29.7 Å². The Labute approximate surface area is 268 Å². The number of aryl methyl sites for hydroxylation is 1. The number of amides is 2. The van der Waals surface area contributed by atoms with Gasteiger partial charge in [0.15, 0.2) is 0 Å². The van der Waals surface area contributed by atoms with Gasteiger partial charge in [-0.25, -0.2) is 8.42 Å². The fourth-order valence-corrected chi connectivity index (χ4v) is 6.52. The number of nitrogens with zero attached hydrogens (tertiary/aromatic N) is 2. The van der Waals surface area contributed by atoms with E-state index in [1.54, 1.807) is 30.3 Å². The Hall–Kier alpha value is -4.43. The Kier molecular flexibility index (Phi) is 11.5. The average molecular weight is 626 g/mol. The lowest BCUT2D eigenvalue weighted by Gasteiger charge is -2.34. The van der Waals surface area contributed by atoms with Crippen molar-refractivity contribution in [2.24, 2.45) is 0 Å². The number of rotatable bonds is 14. The van der Waals surface area contributed by atoms with Crippen molar-refractivity contribution in [2.45, 2.75) is 63.9 Å². The third kappa shape index (κ3) is 8.82. The summed E-state index contributed by atoms with van der Waals surface area (Å²) in [7, 11) is -4.13. The number of carbonyl (C=O) groups excluding carboxylic acids is 2. The van der Waals surface area contributed by atoms with Crippen LogP contribution in [0, 0.1) is 6.92 Å². The first-order chi connectivity index (χ1) is 21.6. The van der Waals surface area contributed by atoms with Crippen LogP contribution in [0.1, 0.15) is 55.4 Å². The van der Waals surface area contributed by atoms with Gasteiger partial charge in [0.25, 0.3) is 10.0 Å². The highest BCUT2D eigenvalue weighted by Gasteiger charge is 2.34. The lowest BCUT2D eigenvalue weighted by Crippen LogP contribution is -2.53. The first kappa shape index (κ1) is 33.5. The van der Waals surface area contributed by atoms with E-state index in [1.807, 2.05) is 80.6 Å². The molecule has 0 aliphatic heterocycles. The van der Waals surface area contributed by atoms with Crippen LogP contribution in [0.15, 0.2) is 114 Å². The van der Waals surface area contributed by atoms with Crippen molar-refractivity contribution in [3.63, 3.8) is 0 Å². The Morgan fingerprint density at radius 1 is 0.778 bits per heavy atom. The quantitative estimate of drug-likeness (QED) is 0.174. The molecular weight excluding hydrogens is 582 g/mol. The molecular formula is C37H43N3O4S. The van der Waals surface area contributed by atoms with Crippen LogP contribution in [0.2, 0.25) is 0 Å². The van der Waals surface area contributed by atoms with E-state index in [0.29, 0.717) is 12.2 Å². The molecule has 1 unspecified atom stereocenters. The Bertz CT molecular complexity index is 1640. The summed E-state index contributed by atoms with van der Waals surface area (Å²) >= 11 is 0. The zero-order chi connectivity index (χ0) is 32.4. The minimum atomic E-state index is -4.13. The van der Waals surface area contributed by atoms with E-state index in [4.69, 9.17) is 0 Å². The highest BCUT2D eigenvalue weighted by molar-refractivity contribution is 7.92. The molecule has 0 heterocycles. The first-order valence-corrected chi connectivity index (χ1v) is 16.9. The van der Waals surface area contributed by atoms with E-state index in [2.05, 4.69) is 19.2 Å². The number of anilines is 1. The SMILES string of the molecule is CCCNC(=O)C(Cc1ccccc1)N(Cc1ccc(C)cc1)C(=O)CN(c1ccc(C(C)C)cc1)S(=O)(=O)c1ccccc1. The molecule has 0 aliphatic rings. The predicted molar refractivity (Wildman–Crippen MR) is 180 cm³/mol. The van der Waals surface area contributed by atoms with E-state index in [1.165, 1.54) is 17.0 Å². The smallest absolute Gasteiger partial charge is 0.264 e. The number of sulfonamides is 1. The van der Waals surface area contributed by atoms with Crippen molar-refractivity contribution < 1.29 is 18.0 Å². The molecule has 1 atom stereocenters. The van der Waals surface area contributed by atoms with Crippen LogP contribution < -0.4 is 9.62 Å². The minimum absolute atomic E-state index is 0.0809. The van der Waals surface area contributed by atoms with Crippen LogP contribution in [0.5, 0.6) is 0 Å². The summed E-state index contributed by atoms with van der Waals surface area (Å²) in [6, 6.07) is 31.9. The van der Waals surface area contributed by atoms with Crippen LogP contribution in [0.25, 0.3) is 0 Å². The monoisotopic (exact) mass is 625 g/mol. The maximum absolute atomic E-state index is 14.5. The summed E-state index contributed by atoms with van der Waals surface area (Å²) in [5, 5.41) is 2.98. The van der Waals surface area contributed by atoms with Gasteiger partial charge in [-0.2, -0.15) is 0 Å². The van der Waals surface area contributed by atoms with Gasteiger partial charge < -0.3 is 10.2 Å². The zero-order valence-electron chi connectivity index (χ0n) is 26.5. The molecule has 2 amide bonds. The third-order valence-corrected chi connectivity index (χ3v) is 9.54. The van der Waals surface area contributed by atoms with Gasteiger partial charge in [0.2, 0.25) is 11.8 Å². The van der Waals surface area contributed by atoms with Crippen molar-refractivity contribution in [2.75, 3.05) is 17.4 Å². The van der Waals surface area contributed by atoms with Gasteiger partial charge in [0, 0.05) is 19.5 Å². The maximum atomic E-state index is 14.5. The molecule has 4 aromatic rings. The summed E-state index contributed by atoms with van der Waals surface area (Å²) in [6.45, 7) is 8.22. The molecule has 236 valence electrons. The molecule has 0 spiro atoms. The maximum Gasteiger partial charge on any atom is 0.264 e. The van der Waals surface area contributed by atoms with Gasteiger partial charge in [-0.15, -0.1) is 0 Å².